The molecule has 36 heavy (non-hydrogen) atoms. The highest BCUT2D eigenvalue weighted by molar-refractivity contribution is 7.19. The number of β-amino-alcohol motifs (C(OH)–C–C–N with tert-alkyl or cyclic N) is 1. The van der Waals surface area contributed by atoms with Crippen LogP contribution in [0, 0.1) is 0 Å². The number of methoxy groups -OCH3 is 1. The third-order valence-corrected chi connectivity index (χ3v) is 8.47. The topological polar surface area (TPSA) is 97.1 Å². The van der Waals surface area contributed by atoms with Gasteiger partial charge >= 0.3 is 0 Å². The van der Waals surface area contributed by atoms with Gasteiger partial charge in [-0.1, -0.05) is 6.07 Å². The van der Waals surface area contributed by atoms with E-state index in [0.717, 1.165) is 36.4 Å². The number of thiophene rings is 1. The van der Waals surface area contributed by atoms with E-state index in [9.17, 15) is 9.90 Å². The fourth-order valence-corrected chi connectivity index (χ4v) is 6.41. The van der Waals surface area contributed by atoms with E-state index >= 15 is 0 Å². The zero-order valence-corrected chi connectivity index (χ0v) is 21.5. The maximum Gasteiger partial charge on any atom is 0.246 e. The van der Waals surface area contributed by atoms with Crippen LogP contribution in [0.5, 0.6) is 11.5 Å². The molecule has 5 rings (SSSR count). The number of aliphatic hydroxyl groups excluding tert-OH is 1. The Labute approximate surface area is 215 Å². The maximum absolute atomic E-state index is 11.6. The summed E-state index contributed by atoms with van der Waals surface area (Å²) in [6.45, 7) is 4.33. The van der Waals surface area contributed by atoms with Gasteiger partial charge < -0.3 is 25.6 Å². The molecular formula is C28H33N3O4S. The second kappa shape index (κ2) is 10.5. The Bertz CT molecular complexity index is 1290. The number of fused-ring (bicyclic) bond motifs is 2. The van der Waals surface area contributed by atoms with Crippen molar-refractivity contribution >= 4 is 39.1 Å². The molecule has 2 aliphatic heterocycles. The van der Waals surface area contributed by atoms with Crippen molar-refractivity contribution in [3.8, 4) is 11.5 Å². The molecular weight excluding hydrogens is 474 g/mol. The van der Waals surface area contributed by atoms with E-state index in [2.05, 4.69) is 35.3 Å². The predicted molar refractivity (Wildman–Crippen MR) is 145 cm³/mol. The van der Waals surface area contributed by atoms with Crippen molar-refractivity contribution in [1.82, 2.24) is 4.90 Å². The van der Waals surface area contributed by atoms with Crippen LogP contribution in [-0.4, -0.2) is 61.4 Å². The van der Waals surface area contributed by atoms with E-state index in [1.54, 1.807) is 13.2 Å². The van der Waals surface area contributed by atoms with Gasteiger partial charge in [0.05, 0.1) is 7.11 Å². The Morgan fingerprint density at radius 3 is 2.94 bits per heavy atom. The van der Waals surface area contributed by atoms with E-state index < -0.39 is 12.0 Å². The SMILES string of the molecule is COc1ccc2cc(C3CCN(CC(O)COc4cccc5c4C=C(C(N)=O)CN5)[C@@H](C)C3)sc2c1. The lowest BCUT2D eigenvalue weighted by atomic mass is 9.90. The average Bonchev–Trinajstić information content (AvgIpc) is 3.31. The number of rotatable bonds is 8. The van der Waals surface area contributed by atoms with Gasteiger partial charge in [-0.2, -0.15) is 0 Å². The molecule has 3 atom stereocenters. The van der Waals surface area contributed by atoms with Crippen LogP contribution < -0.4 is 20.5 Å². The summed E-state index contributed by atoms with van der Waals surface area (Å²) in [6, 6.07) is 14.6. The van der Waals surface area contributed by atoms with Crippen LogP contribution in [0.1, 0.15) is 36.1 Å². The van der Waals surface area contributed by atoms with E-state index in [1.807, 2.05) is 35.6 Å². The van der Waals surface area contributed by atoms with E-state index in [1.165, 1.54) is 15.0 Å². The number of nitrogens with one attached hydrogen (secondary N) is 1. The summed E-state index contributed by atoms with van der Waals surface area (Å²) in [6.07, 6.45) is 3.29. The summed E-state index contributed by atoms with van der Waals surface area (Å²) in [5.74, 6) is 1.61. The first-order chi connectivity index (χ1) is 17.4. The number of hydrogen-bond acceptors (Lipinski definition) is 7. The second-order valence-electron chi connectivity index (χ2n) is 9.69. The number of hydrogen-bond donors (Lipinski definition) is 3. The van der Waals surface area contributed by atoms with Gasteiger partial charge in [-0.25, -0.2) is 0 Å². The minimum atomic E-state index is -0.618. The number of aliphatic hydroxyl groups is 1. The number of likely N-dealkylation sites (tertiary alicyclic amines) is 1. The van der Waals surface area contributed by atoms with Gasteiger partial charge in [0.25, 0.3) is 0 Å². The molecule has 2 unspecified atom stereocenters. The van der Waals surface area contributed by atoms with Crippen LogP contribution >= 0.6 is 11.3 Å². The number of ether oxygens (including phenoxy) is 2. The van der Waals surface area contributed by atoms with Gasteiger partial charge in [-0.3, -0.25) is 9.69 Å². The molecule has 1 aromatic heterocycles. The zero-order chi connectivity index (χ0) is 25.2. The van der Waals surface area contributed by atoms with Crippen LogP contribution in [0.25, 0.3) is 16.2 Å². The van der Waals surface area contributed by atoms with Crippen molar-refractivity contribution in [2.45, 2.75) is 37.8 Å². The fraction of sp³-hybridized carbons (Fsp3) is 0.393. The van der Waals surface area contributed by atoms with Crippen LogP contribution in [0.4, 0.5) is 5.69 Å². The smallest absolute Gasteiger partial charge is 0.246 e. The van der Waals surface area contributed by atoms with Gasteiger partial charge in [-0.05, 0) is 80.1 Å². The summed E-state index contributed by atoms with van der Waals surface area (Å²) >= 11 is 1.86. The Hall–Kier alpha value is -3.07. The first-order valence-corrected chi connectivity index (χ1v) is 13.2. The normalized spacial score (nSPS) is 20.8. The van der Waals surface area contributed by atoms with Crippen molar-refractivity contribution in [2.24, 2.45) is 5.73 Å². The minimum absolute atomic E-state index is 0.182. The van der Waals surface area contributed by atoms with Crippen LogP contribution in [0.15, 0.2) is 48.0 Å². The summed E-state index contributed by atoms with van der Waals surface area (Å²) < 4.78 is 12.6. The van der Waals surface area contributed by atoms with Crippen molar-refractivity contribution < 1.29 is 19.4 Å². The molecule has 0 spiro atoms. The van der Waals surface area contributed by atoms with Crippen molar-refractivity contribution in [2.75, 3.05) is 38.7 Å². The number of benzene rings is 2. The Morgan fingerprint density at radius 2 is 2.17 bits per heavy atom. The highest BCUT2D eigenvalue weighted by Crippen LogP contribution is 2.39. The first kappa shape index (κ1) is 24.6. The molecule has 1 amide bonds. The number of carbonyl (C=O) groups excluding carboxylic acids is 1. The van der Waals surface area contributed by atoms with Crippen LogP contribution in [-0.2, 0) is 4.79 Å². The molecule has 190 valence electrons. The second-order valence-corrected chi connectivity index (χ2v) is 10.8. The standard InChI is InChI=1S/C28H33N3O4S/c1-17-10-19(26-12-18-6-7-22(34-2)13-27(18)36-26)8-9-31(17)15-21(32)16-35-25-5-3-4-24-23(25)11-20(14-30-24)28(29)33/h3-7,11-13,17,19,21,30,32H,8-10,14-16H2,1-2H3,(H2,29,33)/t17-,19?,21?/m0/s1. The number of carbonyl (C=O) groups is 1. The number of nitrogens with two attached hydrogens (primary N) is 1. The van der Waals surface area contributed by atoms with Crippen molar-refractivity contribution in [3.63, 3.8) is 0 Å². The third-order valence-electron chi connectivity index (χ3n) is 7.21. The van der Waals surface area contributed by atoms with Gasteiger partial charge in [0.15, 0.2) is 0 Å². The molecule has 2 aliphatic rings. The third kappa shape index (κ3) is 5.21. The van der Waals surface area contributed by atoms with Gasteiger partial charge in [0, 0.05) is 45.5 Å². The summed E-state index contributed by atoms with van der Waals surface area (Å²) in [7, 11) is 1.70. The van der Waals surface area contributed by atoms with E-state index in [4.69, 9.17) is 15.2 Å². The highest BCUT2D eigenvalue weighted by Gasteiger charge is 2.29. The molecule has 2 aromatic carbocycles. The van der Waals surface area contributed by atoms with Gasteiger partial charge in [0.1, 0.15) is 24.2 Å². The number of anilines is 1. The Morgan fingerprint density at radius 1 is 1.31 bits per heavy atom. The lowest BCUT2D eigenvalue weighted by molar-refractivity contribution is -0.114. The zero-order valence-electron chi connectivity index (χ0n) is 20.7. The first-order valence-electron chi connectivity index (χ1n) is 12.4. The molecule has 3 aromatic rings. The molecule has 0 aliphatic carbocycles. The molecule has 1 saturated heterocycles. The predicted octanol–water partition coefficient (Wildman–Crippen LogP) is 4.21. The average molecular weight is 508 g/mol. The molecule has 0 radical (unpaired) electrons. The van der Waals surface area contributed by atoms with Gasteiger partial charge in [-0.15, -0.1) is 11.3 Å². The number of amides is 1. The summed E-state index contributed by atoms with van der Waals surface area (Å²) in [5, 5.41) is 15.2. The lowest BCUT2D eigenvalue weighted by Crippen LogP contribution is -2.45. The molecule has 0 bridgehead atoms. The minimum Gasteiger partial charge on any atom is -0.497 e. The summed E-state index contributed by atoms with van der Waals surface area (Å²) in [4.78, 5) is 15.4. The van der Waals surface area contributed by atoms with E-state index in [0.29, 0.717) is 36.4 Å². The Kier molecular flexibility index (Phi) is 7.18. The highest BCUT2D eigenvalue weighted by atomic mass is 32.1. The monoisotopic (exact) mass is 507 g/mol. The number of piperidine rings is 1. The van der Waals surface area contributed by atoms with E-state index in [-0.39, 0.29) is 6.61 Å². The lowest BCUT2D eigenvalue weighted by Gasteiger charge is -2.38. The number of primary amides is 1. The molecule has 1 fully saturated rings. The quantitative estimate of drug-likeness (QED) is 0.423. The molecule has 8 heteroatoms. The summed E-state index contributed by atoms with van der Waals surface area (Å²) in [5.41, 5.74) is 7.64. The van der Waals surface area contributed by atoms with Crippen molar-refractivity contribution in [1.29, 1.82) is 0 Å². The number of nitrogens with zero attached hydrogens (tertiary/aromatic N) is 1. The molecule has 3 heterocycles. The van der Waals surface area contributed by atoms with Crippen LogP contribution in [0.3, 0.4) is 0 Å². The maximum atomic E-state index is 11.6. The molecule has 7 nitrogen and oxygen atoms in total. The Balaban J connectivity index is 1.17. The van der Waals surface area contributed by atoms with Gasteiger partial charge in [0.2, 0.25) is 5.91 Å². The largest absolute Gasteiger partial charge is 0.497 e. The fourth-order valence-electron chi connectivity index (χ4n) is 5.17. The molecule has 4 N–H and O–H groups in total. The van der Waals surface area contributed by atoms with Crippen molar-refractivity contribution in [3.05, 3.63) is 58.5 Å². The molecule has 0 saturated carbocycles. The van der Waals surface area contributed by atoms with Crippen LogP contribution in [0.2, 0.25) is 0 Å².